The summed E-state index contributed by atoms with van der Waals surface area (Å²) in [7, 11) is 0. The average molecular weight is 378 g/mol. The van der Waals surface area contributed by atoms with Crippen LogP contribution >= 0.6 is 28.3 Å². The average Bonchev–Trinajstić information content (AvgIpc) is 2.37. The van der Waals surface area contributed by atoms with Gasteiger partial charge in [-0.1, -0.05) is 28.1 Å². The molecular weight excluding hydrogens is 356 g/mol. The second kappa shape index (κ2) is 6.65. The van der Waals surface area contributed by atoms with E-state index in [0.29, 0.717) is 19.7 Å². The van der Waals surface area contributed by atoms with Gasteiger partial charge in [0.1, 0.15) is 5.54 Å². The maximum absolute atomic E-state index is 12.7. The van der Waals surface area contributed by atoms with Crippen LogP contribution in [0.5, 0.6) is 0 Å². The summed E-state index contributed by atoms with van der Waals surface area (Å²) in [5, 5.41) is 0. The number of nitrogens with two attached hydrogens (primary N) is 1. The standard InChI is InChI=1S/C15H21BrN2O2.ClH/c1-14(2)10-18(8-9-20-14)13(19)15(3,17)11-4-6-12(16)7-5-11;/h4-7H,8-10,17H2,1-3H3;1H. The highest BCUT2D eigenvalue weighted by Gasteiger charge is 2.38. The van der Waals surface area contributed by atoms with E-state index in [4.69, 9.17) is 10.5 Å². The molecule has 21 heavy (non-hydrogen) atoms. The zero-order valence-corrected chi connectivity index (χ0v) is 15.0. The molecule has 6 heteroatoms. The van der Waals surface area contributed by atoms with Gasteiger partial charge in [0.2, 0.25) is 5.91 Å². The van der Waals surface area contributed by atoms with Crippen LogP contribution in [0.4, 0.5) is 0 Å². The van der Waals surface area contributed by atoms with Crippen LogP contribution < -0.4 is 5.73 Å². The molecule has 0 spiro atoms. The Morgan fingerprint density at radius 1 is 1.38 bits per heavy atom. The number of amides is 1. The van der Waals surface area contributed by atoms with E-state index >= 15 is 0 Å². The van der Waals surface area contributed by atoms with Crippen LogP contribution in [-0.4, -0.2) is 36.1 Å². The van der Waals surface area contributed by atoms with Crippen LogP contribution in [0.25, 0.3) is 0 Å². The molecular formula is C15H22BrClN2O2. The second-order valence-corrected chi connectivity index (χ2v) is 6.96. The SMILES string of the molecule is CC1(C)CN(C(=O)C(C)(N)c2ccc(Br)cc2)CCO1.Cl. The molecule has 1 aromatic rings. The van der Waals surface area contributed by atoms with Crippen molar-refractivity contribution in [2.24, 2.45) is 5.73 Å². The van der Waals surface area contributed by atoms with Gasteiger partial charge in [-0.25, -0.2) is 0 Å². The van der Waals surface area contributed by atoms with E-state index in [2.05, 4.69) is 15.9 Å². The van der Waals surface area contributed by atoms with Crippen molar-refractivity contribution in [2.75, 3.05) is 19.7 Å². The molecule has 4 nitrogen and oxygen atoms in total. The second-order valence-electron chi connectivity index (χ2n) is 6.04. The van der Waals surface area contributed by atoms with Crippen molar-refractivity contribution in [1.29, 1.82) is 0 Å². The quantitative estimate of drug-likeness (QED) is 0.862. The van der Waals surface area contributed by atoms with Crippen LogP contribution in [-0.2, 0) is 15.1 Å². The molecule has 1 heterocycles. The van der Waals surface area contributed by atoms with Crippen molar-refractivity contribution in [3.63, 3.8) is 0 Å². The molecule has 0 radical (unpaired) electrons. The van der Waals surface area contributed by atoms with E-state index in [-0.39, 0.29) is 23.9 Å². The minimum Gasteiger partial charge on any atom is -0.372 e. The molecule has 2 rings (SSSR count). The third kappa shape index (κ3) is 4.19. The first-order chi connectivity index (χ1) is 9.22. The fraction of sp³-hybridized carbons (Fsp3) is 0.533. The fourth-order valence-corrected chi connectivity index (χ4v) is 2.70. The van der Waals surface area contributed by atoms with Crippen molar-refractivity contribution in [3.8, 4) is 0 Å². The number of benzene rings is 1. The predicted octanol–water partition coefficient (Wildman–Crippen LogP) is 2.68. The highest BCUT2D eigenvalue weighted by atomic mass is 79.9. The number of hydrogen-bond acceptors (Lipinski definition) is 3. The van der Waals surface area contributed by atoms with Gasteiger partial charge in [0.25, 0.3) is 0 Å². The molecule has 1 amide bonds. The monoisotopic (exact) mass is 376 g/mol. The van der Waals surface area contributed by atoms with Gasteiger partial charge in [0, 0.05) is 17.6 Å². The fourth-order valence-electron chi connectivity index (χ4n) is 2.44. The molecule has 1 unspecified atom stereocenters. The van der Waals surface area contributed by atoms with Crippen molar-refractivity contribution >= 4 is 34.2 Å². The molecule has 1 aliphatic heterocycles. The minimum atomic E-state index is -1.02. The molecule has 1 atom stereocenters. The first kappa shape index (κ1) is 18.4. The molecule has 0 aliphatic carbocycles. The lowest BCUT2D eigenvalue weighted by Gasteiger charge is -2.41. The Morgan fingerprint density at radius 2 is 1.95 bits per heavy atom. The molecule has 118 valence electrons. The summed E-state index contributed by atoms with van der Waals surface area (Å²) in [6, 6.07) is 7.56. The number of rotatable bonds is 2. The lowest BCUT2D eigenvalue weighted by Crippen LogP contribution is -2.58. The van der Waals surface area contributed by atoms with E-state index in [9.17, 15) is 4.79 Å². The van der Waals surface area contributed by atoms with E-state index in [1.807, 2.05) is 38.1 Å². The highest BCUT2D eigenvalue weighted by molar-refractivity contribution is 9.10. The summed E-state index contributed by atoms with van der Waals surface area (Å²) in [6.45, 7) is 7.44. The lowest BCUT2D eigenvalue weighted by atomic mass is 9.91. The third-order valence-corrected chi connectivity index (χ3v) is 4.13. The number of carbonyl (C=O) groups excluding carboxylic acids is 1. The van der Waals surface area contributed by atoms with Crippen LogP contribution in [0, 0.1) is 0 Å². The Balaban J connectivity index is 0.00000220. The molecule has 2 N–H and O–H groups in total. The Kier molecular flexibility index (Phi) is 5.83. The zero-order valence-electron chi connectivity index (χ0n) is 12.6. The Hall–Kier alpha value is -0.620. The number of hydrogen-bond donors (Lipinski definition) is 1. The topological polar surface area (TPSA) is 55.6 Å². The van der Waals surface area contributed by atoms with Gasteiger partial charge in [-0.05, 0) is 38.5 Å². The van der Waals surface area contributed by atoms with Gasteiger partial charge in [-0.15, -0.1) is 12.4 Å². The molecule has 1 fully saturated rings. The number of nitrogens with zero attached hydrogens (tertiary/aromatic N) is 1. The number of morpholine rings is 1. The van der Waals surface area contributed by atoms with Gasteiger partial charge in [-0.3, -0.25) is 4.79 Å². The van der Waals surface area contributed by atoms with Gasteiger partial charge in [0.05, 0.1) is 12.2 Å². The summed E-state index contributed by atoms with van der Waals surface area (Å²) in [4.78, 5) is 14.5. The number of ether oxygens (including phenoxy) is 1. The summed E-state index contributed by atoms with van der Waals surface area (Å²) in [6.07, 6.45) is 0. The summed E-state index contributed by atoms with van der Waals surface area (Å²) in [5.41, 5.74) is 5.78. The third-order valence-electron chi connectivity index (χ3n) is 3.60. The van der Waals surface area contributed by atoms with E-state index in [1.165, 1.54) is 0 Å². The van der Waals surface area contributed by atoms with E-state index < -0.39 is 5.54 Å². The largest absolute Gasteiger partial charge is 0.372 e. The summed E-state index contributed by atoms with van der Waals surface area (Å²) < 4.78 is 6.61. The molecule has 1 aliphatic rings. The molecule has 0 bridgehead atoms. The molecule has 0 aromatic heterocycles. The molecule has 0 saturated carbocycles. The van der Waals surface area contributed by atoms with Crippen molar-refractivity contribution in [3.05, 3.63) is 34.3 Å². The number of carbonyl (C=O) groups is 1. The maximum Gasteiger partial charge on any atom is 0.247 e. The minimum absolute atomic E-state index is 0. The summed E-state index contributed by atoms with van der Waals surface area (Å²) >= 11 is 3.39. The van der Waals surface area contributed by atoms with E-state index in [1.54, 1.807) is 11.8 Å². The van der Waals surface area contributed by atoms with Gasteiger partial charge in [-0.2, -0.15) is 0 Å². The summed E-state index contributed by atoms with van der Waals surface area (Å²) in [5.74, 6) is -0.0591. The van der Waals surface area contributed by atoms with Crippen molar-refractivity contribution < 1.29 is 9.53 Å². The Labute approximate surface area is 140 Å². The first-order valence-electron chi connectivity index (χ1n) is 6.71. The lowest BCUT2D eigenvalue weighted by molar-refractivity contribution is -0.151. The Morgan fingerprint density at radius 3 is 2.48 bits per heavy atom. The molecule has 1 saturated heterocycles. The van der Waals surface area contributed by atoms with Crippen molar-refractivity contribution in [1.82, 2.24) is 4.90 Å². The van der Waals surface area contributed by atoms with E-state index in [0.717, 1.165) is 10.0 Å². The smallest absolute Gasteiger partial charge is 0.247 e. The number of halogens is 2. The normalized spacial score (nSPS) is 20.3. The maximum atomic E-state index is 12.7. The highest BCUT2D eigenvalue weighted by Crippen LogP contribution is 2.25. The van der Waals surface area contributed by atoms with Gasteiger partial charge in [0.15, 0.2) is 0 Å². The van der Waals surface area contributed by atoms with Crippen LogP contribution in [0.3, 0.4) is 0 Å². The Bertz CT molecular complexity index is 503. The predicted molar refractivity (Wildman–Crippen MR) is 89.5 cm³/mol. The van der Waals surface area contributed by atoms with Gasteiger partial charge >= 0.3 is 0 Å². The van der Waals surface area contributed by atoms with Crippen LogP contribution in [0.15, 0.2) is 28.7 Å². The van der Waals surface area contributed by atoms with Crippen LogP contribution in [0.1, 0.15) is 26.3 Å². The van der Waals surface area contributed by atoms with Crippen molar-refractivity contribution in [2.45, 2.75) is 31.9 Å². The van der Waals surface area contributed by atoms with Crippen LogP contribution in [0.2, 0.25) is 0 Å². The first-order valence-corrected chi connectivity index (χ1v) is 7.50. The molecule has 1 aromatic carbocycles. The van der Waals surface area contributed by atoms with Gasteiger partial charge < -0.3 is 15.4 Å². The zero-order chi connectivity index (χ0) is 15.0.